The van der Waals surface area contributed by atoms with Gasteiger partial charge in [0.05, 0.1) is 39.3 Å². The molecule has 0 aromatic heterocycles. The molecule has 0 saturated heterocycles. The normalized spacial score (nSPS) is 21.5. The molecule has 0 spiro atoms. The summed E-state index contributed by atoms with van der Waals surface area (Å²) in [4.78, 5) is 14.8. The molecule has 0 radical (unpaired) electrons. The van der Waals surface area contributed by atoms with Crippen LogP contribution in [0.5, 0.6) is 0 Å². The Labute approximate surface area is 177 Å². The largest absolute Gasteiger partial charge is 0.417 e. The predicted octanol–water partition coefficient (Wildman–Crippen LogP) is 4.72. The van der Waals surface area contributed by atoms with Gasteiger partial charge in [-0.05, 0) is 38.1 Å². The zero-order chi connectivity index (χ0) is 21.6. The van der Waals surface area contributed by atoms with Crippen LogP contribution in [0.2, 0.25) is 5.02 Å². The molecule has 0 fully saturated rings. The first kappa shape index (κ1) is 20.6. The summed E-state index contributed by atoms with van der Waals surface area (Å²) in [7, 11) is 0. The number of hydrazine groups is 2. The minimum atomic E-state index is -4.63. The fourth-order valence-electron chi connectivity index (χ4n) is 4.05. The summed E-state index contributed by atoms with van der Waals surface area (Å²) in [6.07, 6.45) is -4.10. The molecule has 0 aliphatic carbocycles. The van der Waals surface area contributed by atoms with Crippen LogP contribution in [-0.4, -0.2) is 22.9 Å². The van der Waals surface area contributed by atoms with Gasteiger partial charge in [0.25, 0.3) is 5.91 Å². The molecule has 1 amide bonds. The highest BCUT2D eigenvalue weighted by molar-refractivity contribution is 6.34. The number of hydrogen-bond acceptors (Lipinski definition) is 4. The molecule has 9 heteroatoms. The van der Waals surface area contributed by atoms with Crippen molar-refractivity contribution < 1.29 is 18.0 Å². The van der Waals surface area contributed by atoms with E-state index in [1.807, 2.05) is 49.2 Å². The zero-order valence-electron chi connectivity index (χ0n) is 16.3. The van der Waals surface area contributed by atoms with E-state index in [0.29, 0.717) is 6.42 Å². The number of carbonyl (C=O) groups excluding carboxylic acids is 1. The molecule has 4 rings (SSSR count). The summed E-state index contributed by atoms with van der Waals surface area (Å²) in [6, 6.07) is 12.5. The van der Waals surface area contributed by atoms with Crippen molar-refractivity contribution in [2.24, 2.45) is 0 Å². The smallest absolute Gasteiger partial charge is 0.327 e. The highest BCUT2D eigenvalue weighted by Crippen LogP contribution is 2.39. The molecule has 2 aliphatic heterocycles. The van der Waals surface area contributed by atoms with Crippen molar-refractivity contribution in [1.29, 1.82) is 0 Å². The molecular formula is C21H20ClF3N4O. The predicted molar refractivity (Wildman–Crippen MR) is 108 cm³/mol. The average molecular weight is 437 g/mol. The molecule has 2 atom stereocenters. The van der Waals surface area contributed by atoms with Gasteiger partial charge in [0.15, 0.2) is 0 Å². The van der Waals surface area contributed by atoms with Crippen molar-refractivity contribution in [3.05, 3.63) is 76.1 Å². The highest BCUT2D eigenvalue weighted by Gasteiger charge is 2.41. The second kappa shape index (κ2) is 7.52. The fraction of sp³-hybridized carbons (Fsp3) is 0.286. The minimum Gasteiger partial charge on any atom is -0.327 e. The number of carbonyl (C=O) groups is 1. The van der Waals surface area contributed by atoms with Crippen LogP contribution >= 0.6 is 11.6 Å². The number of halogens is 4. The monoisotopic (exact) mass is 436 g/mol. The summed E-state index contributed by atoms with van der Waals surface area (Å²) in [5, 5.41) is 1.35. The third-order valence-electron chi connectivity index (χ3n) is 5.47. The van der Waals surface area contributed by atoms with Crippen LogP contribution in [0, 0.1) is 0 Å². The second-order valence-corrected chi connectivity index (χ2v) is 7.75. The summed E-state index contributed by atoms with van der Waals surface area (Å²) >= 11 is 6.00. The van der Waals surface area contributed by atoms with Gasteiger partial charge in [0, 0.05) is 12.5 Å². The van der Waals surface area contributed by atoms with Crippen LogP contribution in [0.1, 0.15) is 36.2 Å². The van der Waals surface area contributed by atoms with Crippen LogP contribution < -0.4 is 16.0 Å². The zero-order valence-corrected chi connectivity index (χ0v) is 17.1. The van der Waals surface area contributed by atoms with Crippen molar-refractivity contribution in [3.63, 3.8) is 0 Å². The van der Waals surface area contributed by atoms with Gasteiger partial charge in [-0.15, -0.1) is 5.53 Å². The molecule has 2 aliphatic rings. The first-order valence-corrected chi connectivity index (χ1v) is 9.86. The lowest BCUT2D eigenvalue weighted by Crippen LogP contribution is -2.50. The molecule has 0 saturated carbocycles. The number of benzene rings is 2. The summed E-state index contributed by atoms with van der Waals surface area (Å²) in [6.45, 7) is 3.72. The Kier molecular flexibility index (Phi) is 5.15. The van der Waals surface area contributed by atoms with Gasteiger partial charge in [0.1, 0.15) is 0 Å². The van der Waals surface area contributed by atoms with Gasteiger partial charge in [-0.25, -0.2) is 0 Å². The number of hydrogen-bond donors (Lipinski definition) is 2. The number of nitrogens with zero attached hydrogens (tertiary/aromatic N) is 2. The van der Waals surface area contributed by atoms with Gasteiger partial charge >= 0.3 is 6.18 Å². The van der Waals surface area contributed by atoms with Crippen molar-refractivity contribution in [3.8, 4) is 0 Å². The van der Waals surface area contributed by atoms with Gasteiger partial charge in [-0.2, -0.15) is 13.2 Å². The fourth-order valence-corrected chi connectivity index (χ4v) is 4.36. The third kappa shape index (κ3) is 3.40. The topological polar surface area (TPSA) is 47.6 Å². The Bertz CT molecular complexity index is 1010. The van der Waals surface area contributed by atoms with Crippen molar-refractivity contribution >= 4 is 23.2 Å². The van der Waals surface area contributed by atoms with Crippen molar-refractivity contribution in [1.82, 2.24) is 15.9 Å². The van der Waals surface area contributed by atoms with Crippen LogP contribution in [0.25, 0.3) is 0 Å². The number of para-hydroxylation sites is 1. The Morgan fingerprint density at radius 3 is 2.47 bits per heavy atom. The maximum Gasteiger partial charge on any atom is 0.417 e. The minimum absolute atomic E-state index is 0.153. The molecule has 5 nitrogen and oxygen atoms in total. The standard InChI is InChI=1S/C21H20ClF3N4O/c1-12-11-17-19(26-27-29(17)14-7-4-3-5-8-14)13(2)28(12)20(30)15-9-6-10-16(18(15)22)21(23,24)25/h3-10,12-13,26-27H,11H2,1-2H3. The van der Waals surface area contributed by atoms with Crippen molar-refractivity contribution in [2.75, 3.05) is 5.01 Å². The van der Waals surface area contributed by atoms with Gasteiger partial charge < -0.3 is 10.3 Å². The maximum atomic E-state index is 13.3. The van der Waals surface area contributed by atoms with Gasteiger partial charge in [-0.1, -0.05) is 35.9 Å². The first-order valence-electron chi connectivity index (χ1n) is 9.48. The Morgan fingerprint density at radius 1 is 1.10 bits per heavy atom. The summed E-state index contributed by atoms with van der Waals surface area (Å²) in [5.41, 5.74) is 7.78. The molecule has 0 bridgehead atoms. The van der Waals surface area contributed by atoms with E-state index in [1.165, 1.54) is 12.1 Å². The SMILES string of the molecule is CC1CC2=C(NNN2c2ccccc2)C(C)N1C(=O)c1cccc(C(F)(F)F)c1Cl. The lowest BCUT2D eigenvalue weighted by molar-refractivity contribution is -0.137. The van der Waals surface area contributed by atoms with E-state index in [1.54, 1.807) is 4.90 Å². The molecular weight excluding hydrogens is 417 g/mol. The maximum absolute atomic E-state index is 13.3. The molecule has 2 N–H and O–H groups in total. The van der Waals surface area contributed by atoms with E-state index in [4.69, 9.17) is 11.6 Å². The molecule has 2 aromatic rings. The second-order valence-electron chi connectivity index (χ2n) is 7.37. The van der Waals surface area contributed by atoms with E-state index in [2.05, 4.69) is 11.0 Å². The van der Waals surface area contributed by atoms with Gasteiger partial charge in [0.2, 0.25) is 0 Å². The van der Waals surface area contributed by atoms with E-state index < -0.39 is 22.7 Å². The van der Waals surface area contributed by atoms with Crippen molar-refractivity contribution in [2.45, 2.75) is 38.5 Å². The summed E-state index contributed by atoms with van der Waals surface area (Å²) in [5.74, 6) is -0.530. The quantitative estimate of drug-likeness (QED) is 0.715. The average Bonchev–Trinajstić information content (AvgIpc) is 3.11. The van der Waals surface area contributed by atoms with E-state index in [-0.39, 0.29) is 17.6 Å². The van der Waals surface area contributed by atoms with Gasteiger partial charge in [-0.3, -0.25) is 9.80 Å². The Hall–Kier alpha value is -2.71. The number of rotatable bonds is 2. The first-order chi connectivity index (χ1) is 14.2. The highest BCUT2D eigenvalue weighted by atomic mass is 35.5. The van der Waals surface area contributed by atoms with Crippen LogP contribution in [0.4, 0.5) is 18.9 Å². The lowest BCUT2D eigenvalue weighted by Gasteiger charge is -2.40. The van der Waals surface area contributed by atoms with E-state index >= 15 is 0 Å². The number of alkyl halides is 3. The van der Waals surface area contributed by atoms with Crippen LogP contribution in [0.15, 0.2) is 59.9 Å². The van der Waals surface area contributed by atoms with E-state index in [0.717, 1.165) is 23.1 Å². The third-order valence-corrected chi connectivity index (χ3v) is 5.87. The molecule has 158 valence electrons. The molecule has 2 unspecified atom stereocenters. The number of amides is 1. The summed E-state index contributed by atoms with van der Waals surface area (Å²) < 4.78 is 39.7. The molecule has 30 heavy (non-hydrogen) atoms. The van der Waals surface area contributed by atoms with Crippen LogP contribution in [0.3, 0.4) is 0 Å². The Balaban J connectivity index is 1.67. The molecule has 2 heterocycles. The molecule has 2 aromatic carbocycles. The van der Waals surface area contributed by atoms with E-state index in [9.17, 15) is 18.0 Å². The van der Waals surface area contributed by atoms with Crippen LogP contribution in [-0.2, 0) is 6.18 Å². The number of nitrogens with one attached hydrogen (secondary N) is 2. The lowest BCUT2D eigenvalue weighted by atomic mass is 9.96. The Morgan fingerprint density at radius 2 is 1.80 bits per heavy atom. The number of anilines is 1.